The molecule has 4 N–H and O–H groups in total. The quantitative estimate of drug-likeness (QED) is 0.375. The minimum absolute atomic E-state index is 0.353. The number of carbonyl (C=O) groups is 1. The number of rotatable bonds is 6. The number of carbonyl (C=O) groups excluding carboxylic acids is 1. The summed E-state index contributed by atoms with van der Waals surface area (Å²) in [5, 5.41) is 6.77. The van der Waals surface area contributed by atoms with E-state index in [0.29, 0.717) is 22.9 Å². The third-order valence-corrected chi connectivity index (χ3v) is 4.11. The van der Waals surface area contributed by atoms with Crippen molar-refractivity contribution in [2.75, 3.05) is 10.7 Å². The van der Waals surface area contributed by atoms with E-state index >= 15 is 0 Å². The number of halogens is 1. The normalized spacial score (nSPS) is 10.0. The average Bonchev–Trinajstić information content (AvgIpc) is 2.73. The van der Waals surface area contributed by atoms with Gasteiger partial charge < -0.3 is 10.6 Å². The Kier molecular flexibility index (Phi) is 6.54. The first-order chi connectivity index (χ1) is 13.6. The molecular weight excluding hydrogens is 375 g/mol. The first kappa shape index (κ1) is 19.3. The second-order valence-corrected chi connectivity index (χ2v) is 6.36. The molecule has 3 rings (SSSR count). The maximum absolute atomic E-state index is 12.9. The maximum Gasteiger partial charge on any atom is 0.269 e. The van der Waals surface area contributed by atoms with Crippen molar-refractivity contribution in [1.29, 1.82) is 0 Å². The number of hydrogen-bond donors (Lipinski definition) is 4. The van der Waals surface area contributed by atoms with Crippen LogP contribution in [0.3, 0.4) is 0 Å². The molecule has 3 aromatic rings. The Labute approximate surface area is 167 Å². The first-order valence-corrected chi connectivity index (χ1v) is 9.02. The molecule has 0 aromatic heterocycles. The second kappa shape index (κ2) is 9.48. The Morgan fingerprint density at radius 2 is 1.50 bits per heavy atom. The summed E-state index contributed by atoms with van der Waals surface area (Å²) in [5.74, 6) is -0.739. The van der Waals surface area contributed by atoms with E-state index in [2.05, 4.69) is 21.5 Å². The summed E-state index contributed by atoms with van der Waals surface area (Å²) in [6.07, 6.45) is 0. The van der Waals surface area contributed by atoms with Gasteiger partial charge in [0.1, 0.15) is 5.82 Å². The molecule has 0 aliphatic rings. The molecule has 1 amide bonds. The van der Waals surface area contributed by atoms with Gasteiger partial charge in [-0.3, -0.25) is 15.6 Å². The number of benzene rings is 3. The molecule has 0 atom stereocenters. The van der Waals surface area contributed by atoms with Crippen LogP contribution in [0, 0.1) is 5.82 Å². The van der Waals surface area contributed by atoms with Gasteiger partial charge in [-0.2, -0.15) is 0 Å². The lowest BCUT2D eigenvalue weighted by molar-refractivity contribution is 0.0962. The highest BCUT2D eigenvalue weighted by Gasteiger charge is 2.05. The molecule has 0 saturated heterocycles. The molecule has 0 radical (unpaired) electrons. The number of amides is 1. The van der Waals surface area contributed by atoms with Crippen molar-refractivity contribution < 1.29 is 9.18 Å². The van der Waals surface area contributed by atoms with Crippen LogP contribution in [0.4, 0.5) is 15.8 Å². The molecule has 142 valence electrons. The molecule has 0 fully saturated rings. The van der Waals surface area contributed by atoms with Crippen molar-refractivity contribution in [2.45, 2.75) is 6.54 Å². The average molecular weight is 394 g/mol. The van der Waals surface area contributed by atoms with Crippen LogP contribution in [0.25, 0.3) is 0 Å². The summed E-state index contributed by atoms with van der Waals surface area (Å²) >= 11 is 5.30. The molecule has 0 spiro atoms. The zero-order chi connectivity index (χ0) is 19.8. The molecule has 0 unspecified atom stereocenters. The van der Waals surface area contributed by atoms with Crippen LogP contribution in [0.1, 0.15) is 15.9 Å². The van der Waals surface area contributed by atoms with Gasteiger partial charge in [-0.25, -0.2) is 4.39 Å². The Bertz CT molecular complexity index is 931. The van der Waals surface area contributed by atoms with Gasteiger partial charge in [-0.1, -0.05) is 30.3 Å². The van der Waals surface area contributed by atoms with Crippen molar-refractivity contribution in [1.82, 2.24) is 10.7 Å². The zero-order valence-electron chi connectivity index (χ0n) is 14.9. The monoisotopic (exact) mass is 394 g/mol. The van der Waals surface area contributed by atoms with Crippen LogP contribution in [-0.4, -0.2) is 11.0 Å². The molecule has 28 heavy (non-hydrogen) atoms. The van der Waals surface area contributed by atoms with Gasteiger partial charge in [-0.15, -0.1) is 0 Å². The van der Waals surface area contributed by atoms with Crippen LogP contribution in [0.2, 0.25) is 0 Å². The van der Waals surface area contributed by atoms with E-state index in [1.165, 1.54) is 24.3 Å². The summed E-state index contributed by atoms with van der Waals surface area (Å²) in [6.45, 7) is 0.641. The van der Waals surface area contributed by atoms with E-state index in [1.807, 2.05) is 42.5 Å². The summed E-state index contributed by atoms with van der Waals surface area (Å²) in [6, 6.07) is 22.6. The van der Waals surface area contributed by atoms with Gasteiger partial charge in [0.25, 0.3) is 5.91 Å². The van der Waals surface area contributed by atoms with Crippen molar-refractivity contribution >= 4 is 34.6 Å². The molecule has 0 aliphatic carbocycles. The predicted octanol–water partition coefficient (Wildman–Crippen LogP) is 4.07. The molecule has 0 bridgehead atoms. The van der Waals surface area contributed by atoms with E-state index in [1.54, 1.807) is 12.1 Å². The minimum atomic E-state index is -0.385. The highest BCUT2D eigenvalue weighted by Crippen LogP contribution is 2.13. The van der Waals surface area contributed by atoms with Crippen molar-refractivity contribution in [3.8, 4) is 0 Å². The smallest absolute Gasteiger partial charge is 0.269 e. The third kappa shape index (κ3) is 5.78. The van der Waals surface area contributed by atoms with Crippen LogP contribution >= 0.6 is 12.2 Å². The van der Waals surface area contributed by atoms with Gasteiger partial charge in [0, 0.05) is 17.8 Å². The minimum Gasteiger partial charge on any atom is -0.358 e. The Morgan fingerprint density at radius 1 is 0.857 bits per heavy atom. The van der Waals surface area contributed by atoms with E-state index < -0.39 is 0 Å². The number of hydrogen-bond acceptors (Lipinski definition) is 3. The van der Waals surface area contributed by atoms with E-state index in [9.17, 15) is 9.18 Å². The van der Waals surface area contributed by atoms with Gasteiger partial charge in [0.2, 0.25) is 0 Å². The molecule has 3 aromatic carbocycles. The van der Waals surface area contributed by atoms with Crippen molar-refractivity contribution in [3.63, 3.8) is 0 Å². The highest BCUT2D eigenvalue weighted by molar-refractivity contribution is 7.80. The summed E-state index contributed by atoms with van der Waals surface area (Å²) in [4.78, 5) is 12.0. The van der Waals surface area contributed by atoms with Gasteiger partial charge in [0.05, 0.1) is 5.69 Å². The lowest BCUT2D eigenvalue weighted by Gasteiger charge is -2.12. The molecule has 7 heteroatoms. The fourth-order valence-corrected chi connectivity index (χ4v) is 2.58. The molecule has 0 saturated carbocycles. The van der Waals surface area contributed by atoms with Crippen molar-refractivity contribution in [2.24, 2.45) is 0 Å². The summed E-state index contributed by atoms with van der Waals surface area (Å²) in [5.41, 5.74) is 8.40. The van der Waals surface area contributed by atoms with Crippen LogP contribution in [0.15, 0.2) is 78.9 Å². The van der Waals surface area contributed by atoms with E-state index in [4.69, 9.17) is 12.2 Å². The number of thiocarbonyl (C=S) groups is 1. The fraction of sp³-hybridized carbons (Fsp3) is 0.0476. The Morgan fingerprint density at radius 3 is 2.18 bits per heavy atom. The second-order valence-electron chi connectivity index (χ2n) is 5.96. The number of hydrazine groups is 1. The summed E-state index contributed by atoms with van der Waals surface area (Å²) < 4.78 is 12.9. The van der Waals surface area contributed by atoms with E-state index in [-0.39, 0.29) is 11.7 Å². The lowest BCUT2D eigenvalue weighted by Crippen LogP contribution is -2.29. The lowest BCUT2D eigenvalue weighted by atomic mass is 10.2. The zero-order valence-corrected chi connectivity index (χ0v) is 15.7. The Hall–Kier alpha value is -3.45. The molecular formula is C21H19FN4OS. The van der Waals surface area contributed by atoms with E-state index in [0.717, 1.165) is 11.3 Å². The SMILES string of the molecule is O=C(NNc1ccc(NC(=S)NCc2ccccc2)cc1)c1ccc(F)cc1. The standard InChI is InChI=1S/C21H19FN4OS/c22-17-8-6-16(7-9-17)20(27)26-25-19-12-10-18(11-13-19)24-21(28)23-14-15-4-2-1-3-5-15/h1-13,25H,14H2,(H,26,27)(H2,23,24,28). The maximum atomic E-state index is 12.9. The predicted molar refractivity (Wildman–Crippen MR) is 113 cm³/mol. The van der Waals surface area contributed by atoms with Crippen LogP contribution in [-0.2, 0) is 6.54 Å². The first-order valence-electron chi connectivity index (χ1n) is 8.61. The largest absolute Gasteiger partial charge is 0.358 e. The topological polar surface area (TPSA) is 65.2 Å². The van der Waals surface area contributed by atoms with Crippen LogP contribution in [0.5, 0.6) is 0 Å². The fourth-order valence-electron chi connectivity index (χ4n) is 2.39. The number of anilines is 2. The Balaban J connectivity index is 1.45. The summed E-state index contributed by atoms with van der Waals surface area (Å²) in [7, 11) is 0. The third-order valence-electron chi connectivity index (χ3n) is 3.87. The van der Waals surface area contributed by atoms with Crippen LogP contribution < -0.4 is 21.5 Å². The molecule has 5 nitrogen and oxygen atoms in total. The van der Waals surface area contributed by atoms with Gasteiger partial charge in [0.15, 0.2) is 5.11 Å². The van der Waals surface area contributed by atoms with Gasteiger partial charge >= 0.3 is 0 Å². The number of nitrogens with one attached hydrogen (secondary N) is 4. The molecule has 0 aliphatic heterocycles. The molecule has 0 heterocycles. The van der Waals surface area contributed by atoms with Crippen molar-refractivity contribution in [3.05, 3.63) is 95.8 Å². The highest BCUT2D eigenvalue weighted by atomic mass is 32.1. The van der Waals surface area contributed by atoms with Gasteiger partial charge in [-0.05, 0) is 66.3 Å².